The van der Waals surface area contributed by atoms with Crippen molar-refractivity contribution >= 4 is 29.0 Å². The van der Waals surface area contributed by atoms with Crippen molar-refractivity contribution in [1.82, 2.24) is 5.32 Å². The highest BCUT2D eigenvalue weighted by Gasteiger charge is 2.41. The maximum Gasteiger partial charge on any atom is 0.254 e. The third-order valence-electron chi connectivity index (χ3n) is 7.95. The minimum Gasteiger partial charge on any atom is -0.503 e. The molecule has 0 unspecified atom stereocenters. The average Bonchev–Trinajstić information content (AvgIpc) is 2.98. The number of phenolic OH excluding ortho intramolecular Hbond substituents is 1. The number of anilines is 1. The summed E-state index contributed by atoms with van der Waals surface area (Å²) >= 11 is 6.41. The van der Waals surface area contributed by atoms with Crippen molar-refractivity contribution in [1.29, 1.82) is 0 Å². The van der Waals surface area contributed by atoms with E-state index in [4.69, 9.17) is 25.8 Å². The molecule has 9 heteroatoms. The summed E-state index contributed by atoms with van der Waals surface area (Å²) in [5.41, 5.74) is 5.34. The molecule has 3 aromatic rings. The van der Waals surface area contributed by atoms with Crippen molar-refractivity contribution in [3.63, 3.8) is 0 Å². The van der Waals surface area contributed by atoms with Gasteiger partial charge >= 0.3 is 0 Å². The summed E-state index contributed by atoms with van der Waals surface area (Å²) in [4.78, 5) is 28.0. The van der Waals surface area contributed by atoms with Crippen LogP contribution in [0.4, 0.5) is 5.69 Å². The Bertz CT molecular complexity index is 1640. The van der Waals surface area contributed by atoms with Gasteiger partial charge in [0.15, 0.2) is 28.8 Å². The quantitative estimate of drug-likeness (QED) is 0.294. The number of nitrogens with one attached hydrogen (secondary N) is 2. The van der Waals surface area contributed by atoms with Crippen LogP contribution in [-0.2, 0) is 9.59 Å². The second-order valence-corrected chi connectivity index (χ2v) is 10.9. The smallest absolute Gasteiger partial charge is 0.254 e. The maximum atomic E-state index is 14.0. The molecule has 0 aromatic heterocycles. The van der Waals surface area contributed by atoms with Gasteiger partial charge in [-0.3, -0.25) is 9.59 Å². The predicted octanol–water partition coefficient (Wildman–Crippen LogP) is 6.38. The first kappa shape index (κ1) is 29.1. The van der Waals surface area contributed by atoms with Gasteiger partial charge in [-0.05, 0) is 73.2 Å². The summed E-state index contributed by atoms with van der Waals surface area (Å²) in [6, 6.07) is 16.4. The summed E-state index contributed by atoms with van der Waals surface area (Å²) in [5, 5.41) is 16.9. The van der Waals surface area contributed by atoms with Crippen LogP contribution in [0.5, 0.6) is 23.0 Å². The van der Waals surface area contributed by atoms with Gasteiger partial charge in [-0.2, -0.15) is 0 Å². The number of aromatic hydroxyl groups is 1. The third-order valence-corrected chi connectivity index (χ3v) is 8.24. The molecular formula is C33H33ClN2O6. The summed E-state index contributed by atoms with van der Waals surface area (Å²) in [6.45, 7) is 3.74. The second kappa shape index (κ2) is 11.8. The van der Waals surface area contributed by atoms with Crippen LogP contribution in [0.25, 0.3) is 0 Å². The van der Waals surface area contributed by atoms with Gasteiger partial charge in [0, 0.05) is 40.6 Å². The maximum absolute atomic E-state index is 14.0. The number of allylic oxidation sites excluding steroid dienone is 3. The average molecular weight is 589 g/mol. The van der Waals surface area contributed by atoms with E-state index in [0.29, 0.717) is 46.0 Å². The number of ether oxygens (including phenoxy) is 3. The lowest BCUT2D eigenvalue weighted by Gasteiger charge is -2.37. The number of benzene rings is 3. The van der Waals surface area contributed by atoms with Crippen LogP contribution >= 0.6 is 11.6 Å². The first-order valence-corrected chi connectivity index (χ1v) is 13.9. The monoisotopic (exact) mass is 588 g/mol. The number of hydrogen-bond acceptors (Lipinski definition) is 7. The van der Waals surface area contributed by atoms with Crippen molar-refractivity contribution in [2.45, 2.75) is 38.5 Å². The Labute approximate surface area is 249 Å². The van der Waals surface area contributed by atoms with E-state index in [9.17, 15) is 14.7 Å². The molecule has 0 radical (unpaired) electrons. The zero-order valence-corrected chi connectivity index (χ0v) is 24.9. The van der Waals surface area contributed by atoms with Gasteiger partial charge in [-0.25, -0.2) is 0 Å². The van der Waals surface area contributed by atoms with Gasteiger partial charge in [0.2, 0.25) is 0 Å². The number of phenols is 1. The molecule has 2 atom stereocenters. The lowest BCUT2D eigenvalue weighted by Crippen LogP contribution is -2.37. The zero-order chi connectivity index (χ0) is 30.1. The van der Waals surface area contributed by atoms with E-state index < -0.39 is 5.92 Å². The van der Waals surface area contributed by atoms with Gasteiger partial charge in [0.05, 0.1) is 26.4 Å². The Hall–Kier alpha value is -4.43. The third kappa shape index (κ3) is 5.30. The van der Waals surface area contributed by atoms with Gasteiger partial charge in [-0.15, -0.1) is 0 Å². The number of Topliss-reactive ketones (excluding diaryl/α,β-unsaturated/α-hetero) is 1. The molecule has 0 bridgehead atoms. The molecule has 42 heavy (non-hydrogen) atoms. The van der Waals surface area contributed by atoms with E-state index >= 15 is 0 Å². The molecule has 1 amide bonds. The minimum absolute atomic E-state index is 0.0628. The van der Waals surface area contributed by atoms with Gasteiger partial charge in [0.25, 0.3) is 5.91 Å². The van der Waals surface area contributed by atoms with Crippen molar-refractivity contribution < 1.29 is 28.9 Å². The van der Waals surface area contributed by atoms with Gasteiger partial charge < -0.3 is 30.0 Å². The summed E-state index contributed by atoms with van der Waals surface area (Å²) in [5.74, 6) is -0.140. The number of methoxy groups -OCH3 is 3. The molecule has 2 aliphatic rings. The molecule has 1 aliphatic heterocycles. The Balaban J connectivity index is 1.61. The summed E-state index contributed by atoms with van der Waals surface area (Å²) < 4.78 is 16.3. The molecule has 0 spiro atoms. The van der Waals surface area contributed by atoms with Crippen molar-refractivity contribution in [3.8, 4) is 23.0 Å². The van der Waals surface area contributed by atoms with Crippen LogP contribution in [0.3, 0.4) is 0 Å². The number of aryl methyl sites for hydroxylation is 1. The van der Waals surface area contributed by atoms with Crippen LogP contribution in [-0.4, -0.2) is 38.1 Å². The molecule has 1 heterocycles. The van der Waals surface area contributed by atoms with Crippen LogP contribution in [0, 0.1) is 6.92 Å². The van der Waals surface area contributed by atoms with E-state index in [1.807, 2.05) is 56.3 Å². The van der Waals surface area contributed by atoms with Crippen molar-refractivity contribution in [2.24, 2.45) is 0 Å². The highest BCUT2D eigenvalue weighted by Crippen LogP contribution is 2.48. The Morgan fingerprint density at radius 1 is 0.929 bits per heavy atom. The minimum atomic E-state index is -0.740. The van der Waals surface area contributed by atoms with Crippen LogP contribution in [0.2, 0.25) is 5.02 Å². The van der Waals surface area contributed by atoms with Crippen molar-refractivity contribution in [3.05, 3.63) is 98.9 Å². The van der Waals surface area contributed by atoms with E-state index in [2.05, 4.69) is 10.6 Å². The molecule has 0 saturated heterocycles. The van der Waals surface area contributed by atoms with E-state index in [-0.39, 0.29) is 40.6 Å². The Morgan fingerprint density at radius 2 is 1.62 bits per heavy atom. The highest BCUT2D eigenvalue weighted by molar-refractivity contribution is 6.32. The largest absolute Gasteiger partial charge is 0.503 e. The number of ketones is 1. The normalized spacial score (nSPS) is 18.3. The molecule has 0 fully saturated rings. The van der Waals surface area contributed by atoms with Crippen molar-refractivity contribution in [2.75, 3.05) is 26.6 Å². The summed E-state index contributed by atoms with van der Waals surface area (Å²) in [7, 11) is 4.59. The SMILES string of the molecule is COc1ccc([C@@H]2CC(=O)C3=C(C2)NC(C)=C(C(=O)Nc2ccccc2C)[C@@H]3c2cc(Cl)c(O)c(OC)c2)cc1OC. The number of rotatable bonds is 7. The molecular weight excluding hydrogens is 556 g/mol. The fourth-order valence-electron chi connectivity index (χ4n) is 5.83. The number of dihydropyridines is 1. The van der Waals surface area contributed by atoms with Crippen LogP contribution in [0.1, 0.15) is 48.3 Å². The Kier molecular flexibility index (Phi) is 8.18. The fraction of sp³-hybridized carbons (Fsp3) is 0.273. The number of para-hydroxylation sites is 1. The number of hydrogen-bond donors (Lipinski definition) is 3. The highest BCUT2D eigenvalue weighted by atomic mass is 35.5. The lowest BCUT2D eigenvalue weighted by molar-refractivity contribution is -0.116. The summed E-state index contributed by atoms with van der Waals surface area (Å²) in [6.07, 6.45) is 0.779. The number of amides is 1. The lowest BCUT2D eigenvalue weighted by atomic mass is 9.71. The van der Waals surface area contributed by atoms with Crippen LogP contribution in [0.15, 0.2) is 77.1 Å². The first-order valence-electron chi connectivity index (χ1n) is 13.6. The topological polar surface area (TPSA) is 106 Å². The number of halogens is 1. The number of carbonyl (C=O) groups excluding carboxylic acids is 2. The molecule has 3 N–H and O–H groups in total. The van der Waals surface area contributed by atoms with E-state index in [0.717, 1.165) is 16.8 Å². The molecule has 3 aromatic carbocycles. The van der Waals surface area contributed by atoms with E-state index in [1.165, 1.54) is 7.11 Å². The zero-order valence-electron chi connectivity index (χ0n) is 24.1. The molecule has 5 rings (SSSR count). The Morgan fingerprint density at radius 3 is 2.31 bits per heavy atom. The van der Waals surface area contributed by atoms with Gasteiger partial charge in [-0.1, -0.05) is 35.9 Å². The molecule has 1 aliphatic carbocycles. The standard InChI is InChI=1S/C33H33ClN2O6/c1-17-8-6-7-9-23(17)36-33(39)29-18(2)35-24-13-20(19-10-11-26(40-3)27(15-19)41-4)14-25(37)31(24)30(29)21-12-22(34)32(38)28(16-21)42-5/h6-12,15-16,20,30,35,38H,13-14H2,1-5H3,(H,36,39)/t20-,30-/m0/s1. The van der Waals surface area contributed by atoms with Crippen LogP contribution < -0.4 is 24.8 Å². The second-order valence-electron chi connectivity index (χ2n) is 10.5. The molecule has 0 saturated carbocycles. The first-order chi connectivity index (χ1) is 20.2. The molecule has 8 nitrogen and oxygen atoms in total. The molecule has 218 valence electrons. The fourth-order valence-corrected chi connectivity index (χ4v) is 6.05. The number of carbonyl (C=O) groups is 2. The predicted molar refractivity (Wildman–Crippen MR) is 162 cm³/mol. The van der Waals surface area contributed by atoms with E-state index in [1.54, 1.807) is 26.4 Å². The van der Waals surface area contributed by atoms with Gasteiger partial charge in [0.1, 0.15) is 0 Å².